The van der Waals surface area contributed by atoms with Crippen LogP contribution < -0.4 is 0 Å². The van der Waals surface area contributed by atoms with Crippen LogP contribution in [0.3, 0.4) is 0 Å². The molecule has 0 N–H and O–H groups in total. The van der Waals surface area contributed by atoms with Crippen molar-refractivity contribution >= 4 is 10.0 Å². The molecule has 0 bridgehead atoms. The molecule has 114 valence electrons. The van der Waals surface area contributed by atoms with E-state index < -0.39 is 20.8 Å². The Morgan fingerprint density at radius 1 is 1.29 bits per heavy atom. The average Bonchev–Trinajstić information content (AvgIpc) is 2.78. The van der Waals surface area contributed by atoms with Gasteiger partial charge in [0.05, 0.1) is 17.3 Å². The van der Waals surface area contributed by atoms with Crippen LogP contribution in [-0.4, -0.2) is 24.0 Å². The lowest BCUT2D eigenvalue weighted by Gasteiger charge is -2.33. The van der Waals surface area contributed by atoms with E-state index in [-0.39, 0.29) is 13.0 Å². The summed E-state index contributed by atoms with van der Waals surface area (Å²) in [6.07, 6.45) is 10.9. The van der Waals surface area contributed by atoms with Crippen LogP contribution in [0.15, 0.2) is 16.5 Å². The second-order valence-corrected chi connectivity index (χ2v) is 8.38. The molecule has 1 aromatic rings. The molecule has 5 heteroatoms. The molecule has 21 heavy (non-hydrogen) atoms. The average molecular weight is 307 g/mol. The summed E-state index contributed by atoms with van der Waals surface area (Å²) in [4.78, 5) is 0. The maximum atomic E-state index is 12.8. The molecular formula is C16H21NO3S. The van der Waals surface area contributed by atoms with E-state index in [4.69, 9.17) is 17.3 Å². The molecule has 0 fully saturated rings. The summed E-state index contributed by atoms with van der Waals surface area (Å²) < 4.78 is 31.4. The molecule has 1 atom stereocenters. The van der Waals surface area contributed by atoms with Gasteiger partial charge in [-0.3, -0.25) is 0 Å². The van der Waals surface area contributed by atoms with Crippen LogP contribution >= 0.6 is 0 Å². The highest BCUT2D eigenvalue weighted by atomic mass is 32.2. The lowest BCUT2D eigenvalue weighted by atomic mass is 10.1. The van der Waals surface area contributed by atoms with Crippen molar-refractivity contribution in [3.63, 3.8) is 0 Å². The molecule has 0 aliphatic rings. The summed E-state index contributed by atoms with van der Waals surface area (Å²) in [5.74, 6) is 6.10. The van der Waals surface area contributed by atoms with Crippen molar-refractivity contribution in [2.24, 2.45) is 0 Å². The number of furan rings is 1. The van der Waals surface area contributed by atoms with Crippen molar-refractivity contribution in [2.45, 2.75) is 44.9 Å². The monoisotopic (exact) mass is 307 g/mol. The fourth-order valence-corrected chi connectivity index (χ4v) is 3.35. The first-order valence-corrected chi connectivity index (χ1v) is 8.03. The van der Waals surface area contributed by atoms with Crippen LogP contribution in [0.2, 0.25) is 0 Å². The van der Waals surface area contributed by atoms with Gasteiger partial charge in [0.2, 0.25) is 10.0 Å². The second kappa shape index (κ2) is 6.39. The van der Waals surface area contributed by atoms with Crippen molar-refractivity contribution in [1.82, 2.24) is 4.31 Å². The molecule has 1 aromatic heterocycles. The van der Waals surface area contributed by atoms with Crippen LogP contribution in [0.1, 0.15) is 44.8 Å². The Balaban J connectivity index is 3.36. The minimum Gasteiger partial charge on any atom is -0.465 e. The van der Waals surface area contributed by atoms with E-state index in [0.29, 0.717) is 11.5 Å². The van der Waals surface area contributed by atoms with Gasteiger partial charge < -0.3 is 4.42 Å². The molecule has 0 aliphatic heterocycles. The topological polar surface area (TPSA) is 50.5 Å². The number of hydrogen-bond acceptors (Lipinski definition) is 3. The molecule has 1 heterocycles. The zero-order valence-electron chi connectivity index (χ0n) is 12.9. The zero-order chi connectivity index (χ0) is 16.3. The van der Waals surface area contributed by atoms with E-state index in [0.717, 1.165) is 0 Å². The van der Waals surface area contributed by atoms with Crippen LogP contribution in [0.25, 0.3) is 0 Å². The van der Waals surface area contributed by atoms with Crippen LogP contribution in [-0.2, 0) is 10.0 Å². The summed E-state index contributed by atoms with van der Waals surface area (Å²) >= 11 is 0. The quantitative estimate of drug-likeness (QED) is 0.786. The smallest absolute Gasteiger partial charge is 0.220 e. The van der Waals surface area contributed by atoms with E-state index in [2.05, 4.69) is 11.8 Å². The summed E-state index contributed by atoms with van der Waals surface area (Å²) in [5.41, 5.74) is 0. The number of nitrogens with zero attached hydrogens (tertiary/aromatic N) is 1. The normalized spacial score (nSPS) is 13.7. The van der Waals surface area contributed by atoms with Gasteiger partial charge in [-0.2, -0.15) is 4.31 Å². The van der Waals surface area contributed by atoms with Crippen LogP contribution in [0.4, 0.5) is 0 Å². The molecular weight excluding hydrogens is 286 g/mol. The fourth-order valence-electron chi connectivity index (χ4n) is 1.89. The highest BCUT2D eigenvalue weighted by Gasteiger charge is 2.40. The molecule has 0 unspecified atom stereocenters. The Labute approximate surface area is 127 Å². The zero-order valence-corrected chi connectivity index (χ0v) is 13.7. The molecule has 0 saturated heterocycles. The molecule has 0 aliphatic carbocycles. The van der Waals surface area contributed by atoms with Gasteiger partial charge in [0.1, 0.15) is 11.5 Å². The highest BCUT2D eigenvalue weighted by Crippen LogP contribution is 2.32. The van der Waals surface area contributed by atoms with Gasteiger partial charge in [-0.05, 0) is 39.8 Å². The van der Waals surface area contributed by atoms with Gasteiger partial charge in [-0.1, -0.05) is 5.92 Å². The van der Waals surface area contributed by atoms with Crippen molar-refractivity contribution in [3.8, 4) is 24.7 Å². The minimum absolute atomic E-state index is 0.0499. The Morgan fingerprint density at radius 2 is 1.90 bits per heavy atom. The van der Waals surface area contributed by atoms with Gasteiger partial charge in [-0.25, -0.2) is 8.42 Å². The maximum absolute atomic E-state index is 12.8. The number of rotatable bonds is 5. The fraction of sp³-hybridized carbons (Fsp3) is 0.500. The minimum atomic E-state index is -3.63. The molecule has 0 radical (unpaired) electrons. The first-order chi connectivity index (χ1) is 9.65. The van der Waals surface area contributed by atoms with E-state index in [9.17, 15) is 8.42 Å². The maximum Gasteiger partial charge on any atom is 0.220 e. The largest absolute Gasteiger partial charge is 0.465 e. The molecule has 4 nitrogen and oxygen atoms in total. The predicted octanol–water partition coefficient (Wildman–Crippen LogP) is 2.72. The number of hydrogen-bond donors (Lipinski definition) is 0. The SMILES string of the molecule is C#CC[C@@H](c1ccc(C)o1)N(CC#C)S(=O)(=O)C(C)(C)C. The lowest BCUT2D eigenvalue weighted by Crippen LogP contribution is -2.45. The predicted molar refractivity (Wildman–Crippen MR) is 83.8 cm³/mol. The van der Waals surface area contributed by atoms with Crippen LogP contribution in [0.5, 0.6) is 0 Å². The van der Waals surface area contributed by atoms with Gasteiger partial charge >= 0.3 is 0 Å². The highest BCUT2D eigenvalue weighted by molar-refractivity contribution is 7.90. The van der Waals surface area contributed by atoms with Crippen molar-refractivity contribution in [2.75, 3.05) is 6.54 Å². The van der Waals surface area contributed by atoms with Crippen molar-refractivity contribution in [3.05, 3.63) is 23.7 Å². The number of terminal acetylenes is 2. The summed E-state index contributed by atoms with van der Waals surface area (Å²) in [7, 11) is -3.63. The third-order valence-electron chi connectivity index (χ3n) is 3.08. The standard InChI is InChI=1S/C16H21NO3S/c1-7-9-14(15-11-10-13(3)20-15)17(12-8-2)21(18,19)16(4,5)6/h1-2,10-11,14H,9,12H2,3-6H3/t14-/m0/s1. The third kappa shape index (κ3) is 3.69. The Kier molecular flexibility index (Phi) is 5.28. The van der Waals surface area contributed by atoms with E-state index in [1.54, 1.807) is 39.8 Å². The molecule has 0 spiro atoms. The van der Waals surface area contributed by atoms with E-state index >= 15 is 0 Å². The first-order valence-electron chi connectivity index (χ1n) is 6.59. The number of aryl methyl sites for hydroxylation is 1. The Morgan fingerprint density at radius 3 is 2.29 bits per heavy atom. The first kappa shape index (κ1) is 17.4. The third-order valence-corrected chi connectivity index (χ3v) is 5.63. The summed E-state index contributed by atoms with van der Waals surface area (Å²) in [5, 5.41) is 0. The molecule has 1 rings (SSSR count). The van der Waals surface area contributed by atoms with Gasteiger partial charge in [-0.15, -0.1) is 18.8 Å². The molecule has 0 aromatic carbocycles. The van der Waals surface area contributed by atoms with Gasteiger partial charge in [0, 0.05) is 6.42 Å². The van der Waals surface area contributed by atoms with E-state index in [1.807, 2.05) is 0 Å². The summed E-state index contributed by atoms with van der Waals surface area (Å²) in [6, 6.07) is 2.92. The Hall–Kier alpha value is -1.69. The Bertz CT molecular complexity index is 666. The summed E-state index contributed by atoms with van der Waals surface area (Å²) in [6.45, 7) is 6.64. The van der Waals surface area contributed by atoms with Crippen molar-refractivity contribution < 1.29 is 12.8 Å². The van der Waals surface area contributed by atoms with Crippen LogP contribution in [0, 0.1) is 31.6 Å². The molecule has 0 saturated carbocycles. The van der Waals surface area contributed by atoms with E-state index in [1.165, 1.54) is 4.31 Å². The number of sulfonamides is 1. The lowest BCUT2D eigenvalue weighted by molar-refractivity contribution is 0.297. The van der Waals surface area contributed by atoms with Gasteiger partial charge in [0.25, 0.3) is 0 Å². The molecule has 0 amide bonds. The van der Waals surface area contributed by atoms with Crippen molar-refractivity contribution in [1.29, 1.82) is 0 Å². The van der Waals surface area contributed by atoms with Gasteiger partial charge in [0.15, 0.2) is 0 Å². The second-order valence-electron chi connectivity index (χ2n) is 5.74.